The zero-order chi connectivity index (χ0) is 15.0. The van der Waals surface area contributed by atoms with E-state index in [9.17, 15) is 9.90 Å². The smallest absolute Gasteiger partial charge is 0.304 e. The average Bonchev–Trinajstić information content (AvgIpc) is 2.78. The standard InChI is InChI=1S/C17H14Cl2O2/c18-13-5-2-12(3-6-13)17(10-16(20)21)8-7-11-1-4-14(19)9-15(11)17/h1-6,9H,7-8,10H2,(H,20,21). The van der Waals surface area contributed by atoms with Crippen LogP contribution in [0.1, 0.15) is 29.5 Å². The molecule has 2 aromatic rings. The number of carbonyl (C=O) groups is 1. The van der Waals surface area contributed by atoms with Crippen LogP contribution in [0.15, 0.2) is 42.5 Å². The summed E-state index contributed by atoms with van der Waals surface area (Å²) < 4.78 is 0. The van der Waals surface area contributed by atoms with Gasteiger partial charge in [0.15, 0.2) is 0 Å². The molecule has 0 amide bonds. The predicted octanol–water partition coefficient (Wildman–Crippen LogP) is 4.70. The second-order valence-electron chi connectivity index (χ2n) is 5.46. The summed E-state index contributed by atoms with van der Waals surface area (Å²) in [6.07, 6.45) is 1.70. The zero-order valence-corrected chi connectivity index (χ0v) is 12.8. The van der Waals surface area contributed by atoms with Crippen molar-refractivity contribution >= 4 is 29.2 Å². The first kappa shape index (κ1) is 14.4. The summed E-state index contributed by atoms with van der Waals surface area (Å²) in [4.78, 5) is 11.4. The van der Waals surface area contributed by atoms with E-state index in [1.807, 2.05) is 42.5 Å². The quantitative estimate of drug-likeness (QED) is 0.889. The van der Waals surface area contributed by atoms with Crippen LogP contribution >= 0.6 is 23.2 Å². The van der Waals surface area contributed by atoms with Gasteiger partial charge >= 0.3 is 5.97 Å². The third-order valence-electron chi connectivity index (χ3n) is 4.26. The molecule has 1 aliphatic carbocycles. The molecule has 1 N–H and O–H groups in total. The highest BCUT2D eigenvalue weighted by Gasteiger charge is 2.42. The van der Waals surface area contributed by atoms with Crippen molar-refractivity contribution in [3.63, 3.8) is 0 Å². The van der Waals surface area contributed by atoms with Crippen molar-refractivity contribution in [1.29, 1.82) is 0 Å². The Morgan fingerprint density at radius 1 is 1.10 bits per heavy atom. The van der Waals surface area contributed by atoms with Gasteiger partial charge in [-0.3, -0.25) is 4.79 Å². The Hall–Kier alpha value is -1.51. The molecule has 21 heavy (non-hydrogen) atoms. The lowest BCUT2D eigenvalue weighted by Crippen LogP contribution is -2.28. The van der Waals surface area contributed by atoms with Gasteiger partial charge in [-0.2, -0.15) is 0 Å². The summed E-state index contributed by atoms with van der Waals surface area (Å²) in [7, 11) is 0. The van der Waals surface area contributed by atoms with E-state index in [1.165, 1.54) is 5.56 Å². The Labute approximate surface area is 133 Å². The predicted molar refractivity (Wildman–Crippen MR) is 84.3 cm³/mol. The number of benzene rings is 2. The number of halogens is 2. The Morgan fingerprint density at radius 3 is 2.43 bits per heavy atom. The number of aliphatic carboxylic acids is 1. The number of rotatable bonds is 3. The molecule has 0 aliphatic heterocycles. The van der Waals surface area contributed by atoms with Crippen molar-refractivity contribution in [3.8, 4) is 0 Å². The van der Waals surface area contributed by atoms with Crippen LogP contribution in [-0.2, 0) is 16.6 Å². The van der Waals surface area contributed by atoms with Crippen LogP contribution in [0, 0.1) is 0 Å². The van der Waals surface area contributed by atoms with Crippen LogP contribution in [0.2, 0.25) is 10.0 Å². The van der Waals surface area contributed by atoms with Crippen LogP contribution in [0.3, 0.4) is 0 Å². The number of carboxylic acid groups (broad SMARTS) is 1. The molecule has 2 aromatic carbocycles. The molecular weight excluding hydrogens is 307 g/mol. The number of hydrogen-bond acceptors (Lipinski definition) is 1. The first-order valence-electron chi connectivity index (χ1n) is 6.78. The summed E-state index contributed by atoms with van der Waals surface area (Å²) >= 11 is 12.1. The largest absolute Gasteiger partial charge is 0.481 e. The Kier molecular flexibility index (Phi) is 3.68. The molecule has 1 aliphatic rings. The van der Waals surface area contributed by atoms with Gasteiger partial charge in [0.2, 0.25) is 0 Å². The van der Waals surface area contributed by atoms with E-state index in [1.54, 1.807) is 0 Å². The van der Waals surface area contributed by atoms with Crippen LogP contribution in [-0.4, -0.2) is 11.1 Å². The molecule has 0 radical (unpaired) electrons. The minimum absolute atomic E-state index is 0.0575. The fourth-order valence-electron chi connectivity index (χ4n) is 3.31. The van der Waals surface area contributed by atoms with Gasteiger partial charge in [0.05, 0.1) is 6.42 Å². The minimum atomic E-state index is -0.808. The zero-order valence-electron chi connectivity index (χ0n) is 11.3. The van der Waals surface area contributed by atoms with E-state index in [-0.39, 0.29) is 6.42 Å². The molecule has 0 aromatic heterocycles. The number of hydrogen-bond donors (Lipinski definition) is 1. The van der Waals surface area contributed by atoms with Crippen molar-refractivity contribution in [2.24, 2.45) is 0 Å². The third-order valence-corrected chi connectivity index (χ3v) is 4.75. The Morgan fingerprint density at radius 2 is 1.76 bits per heavy atom. The molecule has 0 bridgehead atoms. The monoisotopic (exact) mass is 320 g/mol. The normalized spacial score (nSPS) is 20.3. The minimum Gasteiger partial charge on any atom is -0.481 e. The van der Waals surface area contributed by atoms with Crippen molar-refractivity contribution < 1.29 is 9.90 Å². The molecule has 0 fully saturated rings. The Bertz CT molecular complexity index is 694. The van der Waals surface area contributed by atoms with Crippen LogP contribution in [0.25, 0.3) is 0 Å². The summed E-state index contributed by atoms with van der Waals surface area (Å²) in [5, 5.41) is 10.7. The molecule has 2 nitrogen and oxygen atoms in total. The van der Waals surface area contributed by atoms with Crippen LogP contribution in [0.5, 0.6) is 0 Å². The van der Waals surface area contributed by atoms with E-state index in [0.717, 1.165) is 24.0 Å². The molecule has 3 rings (SSSR count). The molecule has 0 heterocycles. The number of fused-ring (bicyclic) bond motifs is 1. The summed E-state index contributed by atoms with van der Waals surface area (Å²) in [5.41, 5.74) is 2.67. The van der Waals surface area contributed by atoms with Crippen molar-refractivity contribution in [1.82, 2.24) is 0 Å². The van der Waals surface area contributed by atoms with Gasteiger partial charge in [0.1, 0.15) is 0 Å². The van der Waals surface area contributed by atoms with Gasteiger partial charge in [-0.05, 0) is 53.8 Å². The van der Waals surface area contributed by atoms with E-state index >= 15 is 0 Å². The third kappa shape index (κ3) is 2.54. The van der Waals surface area contributed by atoms with Gasteiger partial charge in [-0.25, -0.2) is 0 Å². The van der Waals surface area contributed by atoms with Crippen molar-refractivity contribution in [2.45, 2.75) is 24.7 Å². The highest BCUT2D eigenvalue weighted by Crippen LogP contribution is 2.47. The Balaban J connectivity index is 2.19. The lowest BCUT2D eigenvalue weighted by molar-refractivity contribution is -0.138. The van der Waals surface area contributed by atoms with E-state index in [2.05, 4.69) is 0 Å². The van der Waals surface area contributed by atoms with Crippen molar-refractivity contribution in [2.75, 3.05) is 0 Å². The molecule has 0 spiro atoms. The topological polar surface area (TPSA) is 37.3 Å². The fraction of sp³-hybridized carbons (Fsp3) is 0.235. The molecule has 1 atom stereocenters. The van der Waals surface area contributed by atoms with Crippen LogP contribution in [0.4, 0.5) is 0 Å². The fourth-order valence-corrected chi connectivity index (χ4v) is 3.61. The van der Waals surface area contributed by atoms with E-state index < -0.39 is 11.4 Å². The highest BCUT2D eigenvalue weighted by molar-refractivity contribution is 6.31. The maximum atomic E-state index is 11.4. The molecule has 0 saturated carbocycles. The highest BCUT2D eigenvalue weighted by atomic mass is 35.5. The molecule has 108 valence electrons. The van der Waals surface area contributed by atoms with E-state index in [4.69, 9.17) is 23.2 Å². The summed E-state index contributed by atoms with van der Waals surface area (Å²) in [6, 6.07) is 13.2. The van der Waals surface area contributed by atoms with Gasteiger partial charge in [0.25, 0.3) is 0 Å². The first-order valence-corrected chi connectivity index (χ1v) is 7.54. The van der Waals surface area contributed by atoms with Gasteiger partial charge in [-0.15, -0.1) is 0 Å². The number of carboxylic acids is 1. The van der Waals surface area contributed by atoms with Crippen LogP contribution < -0.4 is 0 Å². The maximum absolute atomic E-state index is 11.4. The lowest BCUT2D eigenvalue weighted by Gasteiger charge is -2.30. The number of aryl methyl sites for hydroxylation is 1. The molecule has 4 heteroatoms. The molecule has 1 unspecified atom stereocenters. The average molecular weight is 321 g/mol. The second-order valence-corrected chi connectivity index (χ2v) is 6.33. The second kappa shape index (κ2) is 5.36. The molecular formula is C17H14Cl2O2. The molecule has 0 saturated heterocycles. The summed E-state index contributed by atoms with van der Waals surface area (Å²) in [5.74, 6) is -0.808. The summed E-state index contributed by atoms with van der Waals surface area (Å²) in [6.45, 7) is 0. The van der Waals surface area contributed by atoms with Gasteiger partial charge in [0, 0.05) is 15.5 Å². The SMILES string of the molecule is O=C(O)CC1(c2ccc(Cl)cc2)CCc2ccc(Cl)cc21. The lowest BCUT2D eigenvalue weighted by atomic mass is 9.73. The maximum Gasteiger partial charge on any atom is 0.304 e. The van der Waals surface area contributed by atoms with Gasteiger partial charge in [-0.1, -0.05) is 41.4 Å². The first-order chi connectivity index (χ1) is 10.0. The van der Waals surface area contributed by atoms with E-state index in [0.29, 0.717) is 10.0 Å². The van der Waals surface area contributed by atoms with Crippen molar-refractivity contribution in [3.05, 3.63) is 69.2 Å². The van der Waals surface area contributed by atoms with Gasteiger partial charge < -0.3 is 5.11 Å².